The van der Waals surface area contributed by atoms with Gasteiger partial charge in [0.05, 0.1) is 6.26 Å². The lowest BCUT2D eigenvalue weighted by Gasteiger charge is -2.08. The molecule has 0 aliphatic heterocycles. The Bertz CT molecular complexity index is 902. The molecule has 3 rings (SSSR count). The second-order valence-corrected chi connectivity index (χ2v) is 7.15. The van der Waals surface area contributed by atoms with Gasteiger partial charge in [-0.3, -0.25) is 4.72 Å². The molecule has 0 spiro atoms. The van der Waals surface area contributed by atoms with Crippen LogP contribution in [0, 0.1) is 0 Å². The zero-order chi connectivity index (χ0) is 16.3. The number of nitrogens with one attached hydrogen (secondary N) is 1. The summed E-state index contributed by atoms with van der Waals surface area (Å²) in [6.07, 6.45) is 1.14. The molecule has 4 heteroatoms. The van der Waals surface area contributed by atoms with Gasteiger partial charge < -0.3 is 0 Å². The van der Waals surface area contributed by atoms with Crippen molar-refractivity contribution in [1.82, 2.24) is 0 Å². The summed E-state index contributed by atoms with van der Waals surface area (Å²) in [4.78, 5) is 0. The monoisotopic (exact) mass is 323 g/mol. The van der Waals surface area contributed by atoms with Crippen LogP contribution in [0.2, 0.25) is 0 Å². The molecule has 0 aliphatic rings. The molecule has 0 aromatic heterocycles. The van der Waals surface area contributed by atoms with Gasteiger partial charge in [-0.2, -0.15) is 0 Å². The minimum absolute atomic E-state index is 0.565. The Morgan fingerprint density at radius 2 is 1.17 bits per heavy atom. The largest absolute Gasteiger partial charge is 0.284 e. The minimum atomic E-state index is -3.25. The molecule has 0 atom stereocenters. The van der Waals surface area contributed by atoms with Crippen molar-refractivity contribution in [3.05, 3.63) is 78.9 Å². The van der Waals surface area contributed by atoms with Gasteiger partial charge in [-0.1, -0.05) is 60.7 Å². The molecular weight excluding hydrogens is 306 g/mol. The van der Waals surface area contributed by atoms with Gasteiger partial charge in [-0.15, -0.1) is 0 Å². The molecule has 0 heterocycles. The second-order valence-electron chi connectivity index (χ2n) is 5.40. The zero-order valence-corrected chi connectivity index (χ0v) is 13.5. The van der Waals surface area contributed by atoms with Crippen LogP contribution in [0.25, 0.3) is 22.3 Å². The van der Waals surface area contributed by atoms with E-state index in [0.717, 1.165) is 22.9 Å². The summed E-state index contributed by atoms with van der Waals surface area (Å²) in [7, 11) is -3.25. The van der Waals surface area contributed by atoms with Gasteiger partial charge in [0, 0.05) is 5.69 Å². The average Bonchev–Trinajstić information content (AvgIpc) is 2.55. The summed E-state index contributed by atoms with van der Waals surface area (Å²) in [5.41, 5.74) is 5.03. The van der Waals surface area contributed by atoms with E-state index in [2.05, 4.69) is 29.0 Å². The molecule has 0 amide bonds. The molecule has 116 valence electrons. The van der Waals surface area contributed by atoms with Crippen LogP contribution < -0.4 is 4.72 Å². The number of rotatable bonds is 4. The molecule has 1 N–H and O–H groups in total. The standard InChI is InChI=1S/C19H17NO2S/c1-23(21,22)20-19-12-10-16(11-13-19)18-9-5-8-17(14-18)15-6-3-2-4-7-15/h2-14,20H,1H3. The molecule has 0 bridgehead atoms. The van der Waals surface area contributed by atoms with E-state index in [-0.39, 0.29) is 0 Å². The number of benzene rings is 3. The van der Waals surface area contributed by atoms with E-state index in [0.29, 0.717) is 5.69 Å². The van der Waals surface area contributed by atoms with Crippen molar-refractivity contribution in [1.29, 1.82) is 0 Å². The number of hydrogen-bond acceptors (Lipinski definition) is 2. The van der Waals surface area contributed by atoms with E-state index in [1.165, 1.54) is 5.56 Å². The van der Waals surface area contributed by atoms with Gasteiger partial charge in [-0.25, -0.2) is 8.42 Å². The smallest absolute Gasteiger partial charge is 0.229 e. The van der Waals surface area contributed by atoms with Crippen molar-refractivity contribution in [2.45, 2.75) is 0 Å². The predicted octanol–water partition coefficient (Wildman–Crippen LogP) is 4.39. The van der Waals surface area contributed by atoms with Crippen molar-refractivity contribution in [2.75, 3.05) is 11.0 Å². The fourth-order valence-electron chi connectivity index (χ4n) is 2.45. The Labute approximate surface area is 136 Å². The van der Waals surface area contributed by atoms with Crippen molar-refractivity contribution >= 4 is 15.7 Å². The maximum Gasteiger partial charge on any atom is 0.229 e. The summed E-state index contributed by atoms with van der Waals surface area (Å²) in [6, 6.07) is 25.9. The van der Waals surface area contributed by atoms with Crippen LogP contribution in [0.3, 0.4) is 0 Å². The van der Waals surface area contributed by atoms with Crippen LogP contribution in [0.5, 0.6) is 0 Å². The summed E-state index contributed by atoms with van der Waals surface area (Å²) in [5.74, 6) is 0. The summed E-state index contributed by atoms with van der Waals surface area (Å²) in [6.45, 7) is 0. The molecule has 0 saturated heterocycles. The third kappa shape index (κ3) is 3.99. The van der Waals surface area contributed by atoms with Crippen LogP contribution >= 0.6 is 0 Å². The summed E-state index contributed by atoms with van der Waals surface area (Å²) in [5, 5.41) is 0. The van der Waals surface area contributed by atoms with E-state index in [1.807, 2.05) is 42.5 Å². The van der Waals surface area contributed by atoms with Gasteiger partial charge in [0.25, 0.3) is 0 Å². The predicted molar refractivity (Wildman–Crippen MR) is 95.8 cm³/mol. The molecule has 0 radical (unpaired) electrons. The average molecular weight is 323 g/mol. The van der Waals surface area contributed by atoms with E-state index in [4.69, 9.17) is 0 Å². The topological polar surface area (TPSA) is 46.2 Å². The van der Waals surface area contributed by atoms with E-state index >= 15 is 0 Å². The Kier molecular flexibility index (Phi) is 4.17. The van der Waals surface area contributed by atoms with Crippen molar-refractivity contribution in [2.24, 2.45) is 0 Å². The summed E-state index contributed by atoms with van der Waals surface area (Å²) >= 11 is 0. The first-order valence-electron chi connectivity index (χ1n) is 7.25. The highest BCUT2D eigenvalue weighted by atomic mass is 32.2. The Morgan fingerprint density at radius 3 is 1.74 bits per heavy atom. The lowest BCUT2D eigenvalue weighted by atomic mass is 9.99. The first-order chi connectivity index (χ1) is 11.0. The van der Waals surface area contributed by atoms with Gasteiger partial charge in [-0.05, 0) is 40.5 Å². The zero-order valence-electron chi connectivity index (χ0n) is 12.7. The van der Waals surface area contributed by atoms with Crippen LogP contribution in [-0.4, -0.2) is 14.7 Å². The van der Waals surface area contributed by atoms with Crippen LogP contribution in [0.1, 0.15) is 0 Å². The minimum Gasteiger partial charge on any atom is -0.284 e. The fraction of sp³-hybridized carbons (Fsp3) is 0.0526. The molecule has 0 saturated carbocycles. The highest BCUT2D eigenvalue weighted by Crippen LogP contribution is 2.27. The number of anilines is 1. The number of sulfonamides is 1. The van der Waals surface area contributed by atoms with E-state index < -0.39 is 10.0 Å². The van der Waals surface area contributed by atoms with Gasteiger partial charge in [0.15, 0.2) is 0 Å². The SMILES string of the molecule is CS(=O)(=O)Nc1ccc(-c2cccc(-c3ccccc3)c2)cc1. The molecule has 0 unspecified atom stereocenters. The molecule has 3 aromatic rings. The lowest BCUT2D eigenvalue weighted by molar-refractivity contribution is 0.607. The molecule has 0 aliphatic carbocycles. The molecule has 3 aromatic carbocycles. The van der Waals surface area contributed by atoms with E-state index in [1.54, 1.807) is 12.1 Å². The Hall–Kier alpha value is -2.59. The highest BCUT2D eigenvalue weighted by molar-refractivity contribution is 7.92. The fourth-order valence-corrected chi connectivity index (χ4v) is 3.02. The Morgan fingerprint density at radius 1 is 0.652 bits per heavy atom. The van der Waals surface area contributed by atoms with E-state index in [9.17, 15) is 8.42 Å². The van der Waals surface area contributed by atoms with Crippen LogP contribution in [-0.2, 0) is 10.0 Å². The maximum atomic E-state index is 11.2. The molecule has 3 nitrogen and oxygen atoms in total. The summed E-state index contributed by atoms with van der Waals surface area (Å²) < 4.78 is 25.0. The molecule has 23 heavy (non-hydrogen) atoms. The second kappa shape index (κ2) is 6.26. The molecule has 0 fully saturated rings. The van der Waals surface area contributed by atoms with Crippen LogP contribution in [0.4, 0.5) is 5.69 Å². The normalized spacial score (nSPS) is 11.2. The first-order valence-corrected chi connectivity index (χ1v) is 9.14. The number of hydrogen-bond donors (Lipinski definition) is 1. The lowest BCUT2D eigenvalue weighted by Crippen LogP contribution is -2.09. The first kappa shape index (κ1) is 15.3. The van der Waals surface area contributed by atoms with Gasteiger partial charge >= 0.3 is 0 Å². The quantitative estimate of drug-likeness (QED) is 0.774. The van der Waals surface area contributed by atoms with Gasteiger partial charge in [0.1, 0.15) is 0 Å². The highest BCUT2D eigenvalue weighted by Gasteiger charge is 2.04. The van der Waals surface area contributed by atoms with Gasteiger partial charge in [0.2, 0.25) is 10.0 Å². The Balaban J connectivity index is 1.90. The van der Waals surface area contributed by atoms with Crippen molar-refractivity contribution < 1.29 is 8.42 Å². The maximum absolute atomic E-state index is 11.2. The third-order valence-corrected chi connectivity index (χ3v) is 4.10. The van der Waals surface area contributed by atoms with Crippen molar-refractivity contribution in [3.8, 4) is 22.3 Å². The third-order valence-electron chi connectivity index (χ3n) is 3.49. The molecular formula is C19H17NO2S. The van der Waals surface area contributed by atoms with Crippen LogP contribution in [0.15, 0.2) is 78.9 Å². The van der Waals surface area contributed by atoms with Crippen molar-refractivity contribution in [3.63, 3.8) is 0 Å².